The van der Waals surface area contributed by atoms with Crippen LogP contribution in [0.3, 0.4) is 0 Å². The predicted molar refractivity (Wildman–Crippen MR) is 135 cm³/mol. The number of fused-ring (bicyclic) bond motifs is 1. The normalized spacial score (nSPS) is 16.2. The number of piperidine rings is 1. The van der Waals surface area contributed by atoms with E-state index in [-0.39, 0.29) is 5.41 Å². The molecule has 0 aromatic heterocycles. The van der Waals surface area contributed by atoms with Gasteiger partial charge in [-0.2, -0.15) is 5.26 Å². The molecule has 0 saturated carbocycles. The first-order valence-corrected chi connectivity index (χ1v) is 12.0. The number of nitrogens with one attached hydrogen (secondary N) is 1. The van der Waals surface area contributed by atoms with E-state index in [1.54, 1.807) is 0 Å². The van der Waals surface area contributed by atoms with Crippen LogP contribution in [0.2, 0.25) is 10.0 Å². The quantitative estimate of drug-likeness (QED) is 0.461. The lowest BCUT2D eigenvalue weighted by Crippen LogP contribution is -2.46. The molecule has 0 spiro atoms. The van der Waals surface area contributed by atoms with Crippen molar-refractivity contribution in [2.24, 2.45) is 0 Å². The molecule has 1 aliphatic rings. The van der Waals surface area contributed by atoms with E-state index in [1.807, 2.05) is 24.3 Å². The van der Waals surface area contributed by atoms with Gasteiger partial charge in [0.1, 0.15) is 0 Å². The number of hydrogen-bond donors (Lipinski definition) is 1. The second kappa shape index (κ2) is 9.81. The van der Waals surface area contributed by atoms with Crippen LogP contribution < -0.4 is 5.32 Å². The van der Waals surface area contributed by atoms with Crippen molar-refractivity contribution in [3.63, 3.8) is 0 Å². The summed E-state index contributed by atoms with van der Waals surface area (Å²) in [5, 5.41) is 17.1. The molecule has 1 saturated heterocycles. The molecule has 3 aromatic carbocycles. The minimum atomic E-state index is 0.00968. The fourth-order valence-electron chi connectivity index (χ4n) is 5.04. The van der Waals surface area contributed by atoms with E-state index in [1.165, 1.54) is 16.5 Å². The van der Waals surface area contributed by atoms with Crippen molar-refractivity contribution in [1.29, 1.82) is 5.26 Å². The molecule has 166 valence electrons. The van der Waals surface area contributed by atoms with Crippen molar-refractivity contribution in [2.45, 2.75) is 38.1 Å². The molecule has 32 heavy (non-hydrogen) atoms. The van der Waals surface area contributed by atoms with E-state index < -0.39 is 0 Å². The van der Waals surface area contributed by atoms with E-state index >= 15 is 0 Å². The largest absolute Gasteiger partial charge is 0.312 e. The Kier molecular flexibility index (Phi) is 7.08. The van der Waals surface area contributed by atoms with Crippen molar-refractivity contribution in [3.8, 4) is 6.07 Å². The number of rotatable bonds is 6. The highest BCUT2D eigenvalue weighted by Crippen LogP contribution is 2.38. The molecule has 1 aliphatic heterocycles. The molecule has 1 N–H and O–H groups in total. The summed E-state index contributed by atoms with van der Waals surface area (Å²) in [6, 6.07) is 18.9. The van der Waals surface area contributed by atoms with Gasteiger partial charge in [-0.1, -0.05) is 60.5 Å². The second-order valence-electron chi connectivity index (χ2n) is 8.88. The van der Waals surface area contributed by atoms with E-state index in [0.29, 0.717) is 10.0 Å². The second-order valence-corrected chi connectivity index (χ2v) is 9.70. The van der Waals surface area contributed by atoms with Crippen LogP contribution in [-0.2, 0) is 18.4 Å². The van der Waals surface area contributed by atoms with E-state index in [9.17, 15) is 5.26 Å². The summed E-state index contributed by atoms with van der Waals surface area (Å²) < 4.78 is 0. The van der Waals surface area contributed by atoms with Crippen molar-refractivity contribution in [2.75, 3.05) is 26.7 Å². The molecule has 5 heteroatoms. The van der Waals surface area contributed by atoms with Gasteiger partial charge in [0.25, 0.3) is 0 Å². The molecule has 0 atom stereocenters. The molecule has 0 unspecified atom stereocenters. The highest BCUT2D eigenvalue weighted by Gasteiger charge is 2.35. The lowest BCUT2D eigenvalue weighted by Gasteiger charge is -2.41. The number of halogens is 2. The first-order valence-electron chi connectivity index (χ1n) is 11.3. The molecule has 3 aromatic rings. The zero-order chi connectivity index (χ0) is 22.7. The third-order valence-electron chi connectivity index (χ3n) is 6.99. The smallest absolute Gasteiger partial charge is 0.0994 e. The van der Waals surface area contributed by atoms with Gasteiger partial charge in [0.15, 0.2) is 0 Å². The third kappa shape index (κ3) is 4.51. The average Bonchev–Trinajstić information content (AvgIpc) is 2.81. The van der Waals surface area contributed by atoms with Crippen LogP contribution in [0.1, 0.15) is 42.0 Å². The number of hydrogen-bond acceptors (Lipinski definition) is 3. The van der Waals surface area contributed by atoms with Gasteiger partial charge in [-0.05, 0) is 85.1 Å². The lowest BCUT2D eigenvalue weighted by atomic mass is 9.72. The maximum atomic E-state index is 9.73. The molecule has 4 rings (SSSR count). The maximum Gasteiger partial charge on any atom is 0.0994 e. The van der Waals surface area contributed by atoms with Gasteiger partial charge in [0, 0.05) is 18.5 Å². The molecule has 0 bridgehead atoms. The Balaban J connectivity index is 1.65. The van der Waals surface area contributed by atoms with E-state index in [2.05, 4.69) is 54.5 Å². The Morgan fingerprint density at radius 2 is 1.78 bits per heavy atom. The summed E-state index contributed by atoms with van der Waals surface area (Å²) in [6.07, 6.45) is 2.97. The van der Waals surface area contributed by atoms with Crippen molar-refractivity contribution in [3.05, 3.63) is 80.8 Å². The molecule has 1 fully saturated rings. The SMILES string of the molecule is CCc1c(C#N)cc2ccccc2c1CNCC1(c2ccc(Cl)c(Cl)c2)CCN(C)CC1. The van der Waals surface area contributed by atoms with Crippen LogP contribution in [0.5, 0.6) is 0 Å². The molecule has 1 heterocycles. The number of likely N-dealkylation sites (tertiary alicyclic amines) is 1. The molecule has 3 nitrogen and oxygen atoms in total. The fourth-order valence-corrected chi connectivity index (χ4v) is 5.34. The molecule has 0 radical (unpaired) electrons. The highest BCUT2D eigenvalue weighted by molar-refractivity contribution is 6.42. The Bertz CT molecular complexity index is 1160. The summed E-state index contributed by atoms with van der Waals surface area (Å²) in [5.74, 6) is 0. The van der Waals surface area contributed by atoms with Crippen LogP contribution in [0, 0.1) is 11.3 Å². The summed E-state index contributed by atoms with van der Waals surface area (Å²) >= 11 is 12.6. The summed E-state index contributed by atoms with van der Waals surface area (Å²) in [4.78, 5) is 2.38. The standard InChI is InChI=1S/C27H29Cl2N3/c1-3-22-20(16-30)14-19-6-4-5-7-23(19)24(22)17-31-18-27(10-12-32(2)13-11-27)21-8-9-25(28)26(29)15-21/h4-9,14-15,31H,3,10-13,17-18H2,1-2H3. The molecular weight excluding hydrogens is 437 g/mol. The van der Waals surface area contributed by atoms with Gasteiger partial charge < -0.3 is 10.2 Å². The molecule has 0 aliphatic carbocycles. The Hall–Kier alpha value is -2.09. The summed E-state index contributed by atoms with van der Waals surface area (Å²) in [5.41, 5.74) is 4.42. The first-order chi connectivity index (χ1) is 15.5. The third-order valence-corrected chi connectivity index (χ3v) is 7.73. The van der Waals surface area contributed by atoms with Crippen molar-refractivity contribution >= 4 is 34.0 Å². The van der Waals surface area contributed by atoms with Gasteiger partial charge in [0.2, 0.25) is 0 Å². The van der Waals surface area contributed by atoms with Gasteiger partial charge in [0.05, 0.1) is 21.7 Å². The number of benzene rings is 3. The molecular formula is C27H29Cl2N3. The van der Waals surface area contributed by atoms with Crippen LogP contribution >= 0.6 is 23.2 Å². The monoisotopic (exact) mass is 465 g/mol. The van der Waals surface area contributed by atoms with Crippen LogP contribution in [-0.4, -0.2) is 31.6 Å². The van der Waals surface area contributed by atoms with Crippen molar-refractivity contribution in [1.82, 2.24) is 10.2 Å². The number of nitrogens with zero attached hydrogens (tertiary/aromatic N) is 2. The Morgan fingerprint density at radius 1 is 1.03 bits per heavy atom. The minimum absolute atomic E-state index is 0.00968. The minimum Gasteiger partial charge on any atom is -0.312 e. The average molecular weight is 466 g/mol. The van der Waals surface area contributed by atoms with Crippen LogP contribution in [0.15, 0.2) is 48.5 Å². The summed E-state index contributed by atoms with van der Waals surface area (Å²) in [7, 11) is 2.18. The van der Waals surface area contributed by atoms with Crippen LogP contribution in [0.25, 0.3) is 10.8 Å². The van der Waals surface area contributed by atoms with Gasteiger partial charge in [-0.25, -0.2) is 0 Å². The zero-order valence-electron chi connectivity index (χ0n) is 18.7. The molecule has 0 amide bonds. The van der Waals surface area contributed by atoms with Crippen molar-refractivity contribution < 1.29 is 0 Å². The Labute approximate surface area is 200 Å². The zero-order valence-corrected chi connectivity index (χ0v) is 20.2. The highest BCUT2D eigenvalue weighted by atomic mass is 35.5. The summed E-state index contributed by atoms with van der Waals surface area (Å²) in [6.45, 7) is 5.82. The van der Waals surface area contributed by atoms with Gasteiger partial charge in [-0.3, -0.25) is 0 Å². The number of nitriles is 1. The first kappa shape index (κ1) is 23.1. The fraction of sp³-hybridized carbons (Fsp3) is 0.370. The topological polar surface area (TPSA) is 39.1 Å². The van der Waals surface area contributed by atoms with E-state index in [4.69, 9.17) is 23.2 Å². The Morgan fingerprint density at radius 3 is 2.47 bits per heavy atom. The van der Waals surface area contributed by atoms with E-state index in [0.717, 1.165) is 62.0 Å². The van der Waals surface area contributed by atoms with Crippen LogP contribution in [0.4, 0.5) is 0 Å². The maximum absolute atomic E-state index is 9.73. The predicted octanol–water partition coefficient (Wildman–Crippen LogP) is 6.33. The lowest BCUT2D eigenvalue weighted by molar-refractivity contribution is 0.183. The van der Waals surface area contributed by atoms with Gasteiger partial charge >= 0.3 is 0 Å². The van der Waals surface area contributed by atoms with Gasteiger partial charge in [-0.15, -0.1) is 0 Å².